The molecule has 0 radical (unpaired) electrons. The molecule has 0 aliphatic heterocycles. The van der Waals surface area contributed by atoms with E-state index in [-0.39, 0.29) is 5.95 Å². The first-order valence-corrected chi connectivity index (χ1v) is 6.01. The zero-order valence-corrected chi connectivity index (χ0v) is 10.6. The van der Waals surface area contributed by atoms with Crippen molar-refractivity contribution in [2.24, 2.45) is 5.41 Å². The van der Waals surface area contributed by atoms with Gasteiger partial charge in [0.15, 0.2) is 5.15 Å². The molecule has 2 heterocycles. The molecular weight excluding hydrogens is 238 g/mol. The molecule has 2 aromatic heterocycles. The number of nitrogens with zero attached hydrogens (tertiary/aromatic N) is 4. The van der Waals surface area contributed by atoms with E-state index in [1.165, 1.54) is 0 Å². The number of rotatable bonds is 1. The van der Waals surface area contributed by atoms with Gasteiger partial charge in [0.05, 0.1) is 6.20 Å². The molecule has 2 aromatic rings. The fourth-order valence-corrected chi connectivity index (χ4v) is 2.82. The first-order chi connectivity index (χ1) is 7.96. The Morgan fingerprint density at radius 1 is 1.47 bits per heavy atom. The van der Waals surface area contributed by atoms with Crippen LogP contribution >= 0.6 is 11.6 Å². The van der Waals surface area contributed by atoms with Gasteiger partial charge in [0.1, 0.15) is 11.3 Å². The second kappa shape index (κ2) is 3.32. The van der Waals surface area contributed by atoms with Crippen molar-refractivity contribution in [2.45, 2.75) is 32.6 Å². The van der Waals surface area contributed by atoms with E-state index in [9.17, 15) is 0 Å². The number of anilines is 1. The lowest BCUT2D eigenvalue weighted by atomic mass is 9.64. The van der Waals surface area contributed by atoms with Gasteiger partial charge in [0, 0.05) is 5.92 Å². The van der Waals surface area contributed by atoms with Gasteiger partial charge in [-0.25, -0.2) is 14.5 Å². The van der Waals surface area contributed by atoms with Crippen LogP contribution in [0.1, 0.15) is 38.4 Å². The van der Waals surface area contributed by atoms with Crippen LogP contribution in [-0.2, 0) is 0 Å². The van der Waals surface area contributed by atoms with Crippen LogP contribution < -0.4 is 5.73 Å². The lowest BCUT2D eigenvalue weighted by molar-refractivity contribution is 0.144. The predicted octanol–water partition coefficient (Wildman–Crippen LogP) is 2.26. The van der Waals surface area contributed by atoms with Crippen molar-refractivity contribution in [3.05, 3.63) is 17.2 Å². The summed E-state index contributed by atoms with van der Waals surface area (Å²) in [5, 5.41) is 4.63. The van der Waals surface area contributed by atoms with E-state index in [0.717, 1.165) is 24.2 Å². The Labute approximate surface area is 104 Å². The lowest BCUT2D eigenvalue weighted by Crippen LogP contribution is -2.31. The van der Waals surface area contributed by atoms with Gasteiger partial charge in [-0.05, 0) is 18.3 Å². The van der Waals surface area contributed by atoms with E-state index < -0.39 is 0 Å². The van der Waals surface area contributed by atoms with Crippen molar-refractivity contribution in [1.29, 1.82) is 0 Å². The standard InChI is InChI=1S/C11H14ClN5/c1-11(2)3-6(4-11)9-15-8(12)7-5-14-10(13)16-17(7)9/h5-6H,3-4H2,1-2H3,(H2,13,16). The first-order valence-electron chi connectivity index (χ1n) is 5.63. The molecule has 0 atom stereocenters. The van der Waals surface area contributed by atoms with Crippen LogP contribution in [0.25, 0.3) is 5.52 Å². The normalized spacial score (nSPS) is 19.5. The van der Waals surface area contributed by atoms with Gasteiger partial charge >= 0.3 is 0 Å². The molecular formula is C11H14ClN5. The van der Waals surface area contributed by atoms with E-state index in [1.807, 2.05) is 0 Å². The van der Waals surface area contributed by atoms with Gasteiger partial charge in [0.25, 0.3) is 0 Å². The Balaban J connectivity index is 2.08. The molecule has 5 nitrogen and oxygen atoms in total. The largest absolute Gasteiger partial charge is 0.367 e. The van der Waals surface area contributed by atoms with Crippen molar-refractivity contribution < 1.29 is 0 Å². The zero-order valence-electron chi connectivity index (χ0n) is 9.81. The molecule has 0 saturated heterocycles. The summed E-state index contributed by atoms with van der Waals surface area (Å²) >= 11 is 6.07. The smallest absolute Gasteiger partial charge is 0.238 e. The highest BCUT2D eigenvalue weighted by Gasteiger charge is 2.39. The number of hydrogen-bond acceptors (Lipinski definition) is 4. The molecule has 2 N–H and O–H groups in total. The number of halogens is 1. The second-order valence-corrected chi connectivity index (χ2v) is 5.80. The lowest BCUT2D eigenvalue weighted by Gasteiger charge is -2.41. The number of nitrogen functional groups attached to an aromatic ring is 1. The van der Waals surface area contributed by atoms with Gasteiger partial charge in [0.2, 0.25) is 5.95 Å². The first kappa shape index (κ1) is 10.8. The Morgan fingerprint density at radius 2 is 2.18 bits per heavy atom. The number of fused-ring (bicyclic) bond motifs is 1. The topological polar surface area (TPSA) is 69.1 Å². The molecule has 0 bridgehead atoms. The molecule has 1 saturated carbocycles. The van der Waals surface area contributed by atoms with Crippen molar-refractivity contribution in [3.63, 3.8) is 0 Å². The molecule has 0 aromatic carbocycles. The highest BCUT2D eigenvalue weighted by molar-refractivity contribution is 6.32. The van der Waals surface area contributed by atoms with Crippen LogP contribution in [-0.4, -0.2) is 19.6 Å². The minimum atomic E-state index is 0.242. The summed E-state index contributed by atoms with van der Waals surface area (Å²) in [4.78, 5) is 8.32. The summed E-state index contributed by atoms with van der Waals surface area (Å²) in [6, 6.07) is 0. The van der Waals surface area contributed by atoms with E-state index in [0.29, 0.717) is 16.5 Å². The summed E-state index contributed by atoms with van der Waals surface area (Å²) in [5.41, 5.74) is 6.71. The maximum Gasteiger partial charge on any atom is 0.238 e. The fourth-order valence-electron chi connectivity index (χ4n) is 2.61. The highest BCUT2D eigenvalue weighted by atomic mass is 35.5. The van der Waals surface area contributed by atoms with Gasteiger partial charge in [-0.3, -0.25) is 0 Å². The molecule has 90 valence electrons. The molecule has 0 unspecified atom stereocenters. The zero-order chi connectivity index (χ0) is 12.2. The summed E-state index contributed by atoms with van der Waals surface area (Å²) in [7, 11) is 0. The summed E-state index contributed by atoms with van der Waals surface area (Å²) in [6.07, 6.45) is 3.82. The number of hydrogen-bond donors (Lipinski definition) is 1. The van der Waals surface area contributed by atoms with Crippen molar-refractivity contribution >= 4 is 23.1 Å². The van der Waals surface area contributed by atoms with Gasteiger partial charge in [-0.1, -0.05) is 25.4 Å². The van der Waals surface area contributed by atoms with Crippen LogP contribution in [0, 0.1) is 5.41 Å². The Kier molecular flexibility index (Phi) is 2.10. The molecule has 0 amide bonds. The minimum absolute atomic E-state index is 0.242. The second-order valence-electron chi connectivity index (χ2n) is 5.44. The third kappa shape index (κ3) is 1.65. The summed E-state index contributed by atoms with van der Waals surface area (Å²) in [5.74, 6) is 1.56. The number of nitrogens with two attached hydrogens (primary N) is 1. The monoisotopic (exact) mass is 251 g/mol. The molecule has 3 rings (SSSR count). The van der Waals surface area contributed by atoms with Crippen molar-refractivity contribution in [2.75, 3.05) is 5.73 Å². The van der Waals surface area contributed by atoms with Crippen LogP contribution in [0.4, 0.5) is 5.95 Å². The summed E-state index contributed by atoms with van der Waals surface area (Å²) < 4.78 is 1.73. The number of imidazole rings is 1. The third-order valence-electron chi connectivity index (χ3n) is 3.35. The van der Waals surface area contributed by atoms with Gasteiger partial charge < -0.3 is 5.73 Å². The molecule has 6 heteroatoms. The van der Waals surface area contributed by atoms with E-state index in [2.05, 4.69) is 28.9 Å². The van der Waals surface area contributed by atoms with E-state index in [1.54, 1.807) is 10.7 Å². The molecule has 1 aliphatic rings. The third-order valence-corrected chi connectivity index (χ3v) is 3.63. The molecule has 0 spiro atoms. The average molecular weight is 252 g/mol. The Hall–Kier alpha value is -1.36. The van der Waals surface area contributed by atoms with Crippen LogP contribution in [0.3, 0.4) is 0 Å². The van der Waals surface area contributed by atoms with Crippen molar-refractivity contribution in [3.8, 4) is 0 Å². The number of aromatic nitrogens is 4. The van der Waals surface area contributed by atoms with Crippen LogP contribution in [0.2, 0.25) is 5.15 Å². The maximum absolute atomic E-state index is 6.07. The quantitative estimate of drug-likeness (QED) is 0.844. The van der Waals surface area contributed by atoms with E-state index >= 15 is 0 Å². The Bertz CT molecular complexity index is 581. The van der Waals surface area contributed by atoms with Crippen LogP contribution in [0.15, 0.2) is 6.20 Å². The molecule has 17 heavy (non-hydrogen) atoms. The predicted molar refractivity (Wildman–Crippen MR) is 66.0 cm³/mol. The Morgan fingerprint density at radius 3 is 2.82 bits per heavy atom. The molecule has 1 aliphatic carbocycles. The maximum atomic E-state index is 6.07. The van der Waals surface area contributed by atoms with Gasteiger partial charge in [-0.15, -0.1) is 5.10 Å². The highest BCUT2D eigenvalue weighted by Crippen LogP contribution is 2.50. The minimum Gasteiger partial charge on any atom is -0.367 e. The van der Waals surface area contributed by atoms with Crippen molar-refractivity contribution in [1.82, 2.24) is 19.6 Å². The van der Waals surface area contributed by atoms with Crippen LogP contribution in [0.5, 0.6) is 0 Å². The molecule has 1 fully saturated rings. The summed E-state index contributed by atoms with van der Waals surface area (Å²) in [6.45, 7) is 4.51. The fraction of sp³-hybridized carbons (Fsp3) is 0.545. The van der Waals surface area contributed by atoms with Gasteiger partial charge in [-0.2, -0.15) is 0 Å². The van der Waals surface area contributed by atoms with E-state index in [4.69, 9.17) is 17.3 Å². The SMILES string of the molecule is CC1(C)CC(c2nc(Cl)c3cnc(N)nn23)C1. The average Bonchev–Trinajstić information content (AvgIpc) is 2.52.